The summed E-state index contributed by atoms with van der Waals surface area (Å²) in [5, 5.41) is 3.29. The number of nitrogens with one attached hydrogen (secondary N) is 1. The van der Waals surface area contributed by atoms with Gasteiger partial charge in [-0.1, -0.05) is 6.92 Å². The molecule has 0 aliphatic carbocycles. The van der Waals surface area contributed by atoms with Crippen LogP contribution in [0.2, 0.25) is 0 Å². The molecule has 0 heterocycles. The molecule has 16 heavy (non-hydrogen) atoms. The van der Waals surface area contributed by atoms with E-state index in [2.05, 4.69) is 17.1 Å². The van der Waals surface area contributed by atoms with E-state index < -0.39 is 5.54 Å². The molecule has 4 heteroatoms. The molecule has 0 spiro atoms. The normalized spacial score (nSPS) is 15.2. The number of carbonyl (C=O) groups is 1. The highest BCUT2D eigenvalue weighted by molar-refractivity contribution is 5.80. The average Bonchev–Trinajstić information content (AvgIpc) is 2.23. The van der Waals surface area contributed by atoms with Gasteiger partial charge in [0.1, 0.15) is 5.54 Å². The molecule has 0 aromatic heterocycles. The number of rotatable bonds is 7. The van der Waals surface area contributed by atoms with Crippen molar-refractivity contribution in [3.05, 3.63) is 0 Å². The van der Waals surface area contributed by atoms with Crippen molar-refractivity contribution in [1.29, 1.82) is 0 Å². The Hall–Kier alpha value is -0.610. The molecule has 0 saturated heterocycles. The van der Waals surface area contributed by atoms with Crippen molar-refractivity contribution in [2.45, 2.75) is 45.7 Å². The van der Waals surface area contributed by atoms with E-state index in [-0.39, 0.29) is 12.0 Å². The fraction of sp³-hybridized carbons (Fsp3) is 0.917. The summed E-state index contributed by atoms with van der Waals surface area (Å²) in [4.78, 5) is 14.0. The van der Waals surface area contributed by atoms with Crippen LogP contribution in [0.1, 0.15) is 34.1 Å². The number of carbonyl (C=O) groups excluding carboxylic acids is 1. The number of hydrogen-bond donors (Lipinski definition) is 1. The van der Waals surface area contributed by atoms with Crippen LogP contribution < -0.4 is 5.32 Å². The van der Waals surface area contributed by atoms with E-state index in [1.54, 1.807) is 0 Å². The van der Waals surface area contributed by atoms with Crippen molar-refractivity contribution in [3.63, 3.8) is 0 Å². The molecule has 1 unspecified atom stereocenters. The molecule has 96 valence electrons. The minimum atomic E-state index is -0.591. The van der Waals surface area contributed by atoms with Crippen molar-refractivity contribution in [3.8, 4) is 0 Å². The van der Waals surface area contributed by atoms with E-state index in [1.807, 2.05) is 27.8 Å². The van der Waals surface area contributed by atoms with Gasteiger partial charge in [-0.3, -0.25) is 10.1 Å². The van der Waals surface area contributed by atoms with E-state index in [0.717, 1.165) is 19.5 Å². The van der Waals surface area contributed by atoms with Crippen molar-refractivity contribution in [2.75, 3.05) is 27.2 Å². The van der Waals surface area contributed by atoms with Crippen LogP contribution in [0.4, 0.5) is 0 Å². The van der Waals surface area contributed by atoms with Crippen LogP contribution in [0.15, 0.2) is 0 Å². The third kappa shape index (κ3) is 4.94. The number of methoxy groups -OCH3 is 1. The number of esters is 1. The lowest BCUT2D eigenvalue weighted by molar-refractivity contribution is -0.148. The Kier molecular flexibility index (Phi) is 6.60. The predicted octanol–water partition coefficient (Wildman–Crippen LogP) is 1.26. The number of nitrogens with zero attached hydrogens (tertiary/aromatic N) is 1. The lowest BCUT2D eigenvalue weighted by Gasteiger charge is -2.31. The van der Waals surface area contributed by atoms with Crippen LogP contribution in [0.3, 0.4) is 0 Å². The molecule has 4 nitrogen and oxygen atoms in total. The Morgan fingerprint density at radius 1 is 1.50 bits per heavy atom. The number of hydrogen-bond acceptors (Lipinski definition) is 4. The van der Waals surface area contributed by atoms with E-state index in [1.165, 1.54) is 7.11 Å². The number of ether oxygens (including phenoxy) is 1. The lowest BCUT2D eigenvalue weighted by atomic mass is 9.96. The molecule has 0 rings (SSSR count). The fourth-order valence-corrected chi connectivity index (χ4v) is 1.67. The Morgan fingerprint density at radius 3 is 2.44 bits per heavy atom. The molecule has 1 atom stereocenters. The van der Waals surface area contributed by atoms with Gasteiger partial charge in [0.05, 0.1) is 7.11 Å². The SMILES string of the molecule is CCN(C)CCC(C)(NC(C)C)C(=O)OC. The van der Waals surface area contributed by atoms with Gasteiger partial charge in [0.2, 0.25) is 0 Å². The Morgan fingerprint density at radius 2 is 2.06 bits per heavy atom. The first-order valence-corrected chi connectivity index (χ1v) is 5.90. The third-order valence-electron chi connectivity index (χ3n) is 2.78. The second-order valence-electron chi connectivity index (χ2n) is 4.77. The zero-order chi connectivity index (χ0) is 12.8. The van der Waals surface area contributed by atoms with Crippen molar-refractivity contribution >= 4 is 5.97 Å². The molecule has 0 radical (unpaired) electrons. The quantitative estimate of drug-likeness (QED) is 0.669. The first kappa shape index (κ1) is 15.4. The summed E-state index contributed by atoms with van der Waals surface area (Å²) in [6, 6.07) is 0.260. The molecular weight excluding hydrogens is 204 g/mol. The molecule has 0 aromatic carbocycles. The van der Waals surface area contributed by atoms with E-state index >= 15 is 0 Å². The Balaban J connectivity index is 4.47. The molecule has 0 bridgehead atoms. The minimum absolute atomic E-state index is 0.189. The molecule has 0 saturated carbocycles. The standard InChI is InChI=1S/C12H26N2O2/c1-7-14(5)9-8-12(4,11(15)16-6)13-10(2)3/h10,13H,7-9H2,1-6H3. The third-order valence-corrected chi connectivity index (χ3v) is 2.78. The van der Waals surface area contributed by atoms with Gasteiger partial charge < -0.3 is 9.64 Å². The molecule has 0 aliphatic heterocycles. The van der Waals surface area contributed by atoms with Gasteiger partial charge in [-0.15, -0.1) is 0 Å². The molecule has 0 amide bonds. The topological polar surface area (TPSA) is 41.6 Å². The molecule has 0 aromatic rings. The molecule has 0 fully saturated rings. The largest absolute Gasteiger partial charge is 0.468 e. The van der Waals surface area contributed by atoms with Crippen molar-refractivity contribution in [1.82, 2.24) is 10.2 Å². The monoisotopic (exact) mass is 230 g/mol. The van der Waals surface area contributed by atoms with E-state index in [0.29, 0.717) is 0 Å². The summed E-state index contributed by atoms with van der Waals surface area (Å²) in [5.41, 5.74) is -0.591. The minimum Gasteiger partial charge on any atom is -0.468 e. The van der Waals surface area contributed by atoms with Crippen molar-refractivity contribution in [2.24, 2.45) is 0 Å². The maximum absolute atomic E-state index is 11.8. The van der Waals surface area contributed by atoms with Crippen LogP contribution in [-0.4, -0.2) is 49.7 Å². The van der Waals surface area contributed by atoms with E-state index in [4.69, 9.17) is 4.74 Å². The second kappa shape index (κ2) is 6.86. The summed E-state index contributed by atoms with van der Waals surface area (Å²) >= 11 is 0. The highest BCUT2D eigenvalue weighted by atomic mass is 16.5. The van der Waals surface area contributed by atoms with Gasteiger partial charge in [-0.2, -0.15) is 0 Å². The average molecular weight is 230 g/mol. The zero-order valence-electron chi connectivity index (χ0n) is 11.5. The van der Waals surface area contributed by atoms with Gasteiger partial charge >= 0.3 is 5.97 Å². The van der Waals surface area contributed by atoms with Crippen LogP contribution >= 0.6 is 0 Å². The van der Waals surface area contributed by atoms with Gasteiger partial charge in [0.25, 0.3) is 0 Å². The summed E-state index contributed by atoms with van der Waals surface area (Å²) < 4.78 is 4.86. The van der Waals surface area contributed by atoms with Crippen molar-refractivity contribution < 1.29 is 9.53 Å². The van der Waals surface area contributed by atoms with Gasteiger partial charge in [-0.05, 0) is 40.8 Å². The highest BCUT2D eigenvalue weighted by Gasteiger charge is 2.34. The molecule has 1 N–H and O–H groups in total. The summed E-state index contributed by atoms with van der Waals surface area (Å²) in [6.07, 6.45) is 0.752. The maximum Gasteiger partial charge on any atom is 0.325 e. The van der Waals surface area contributed by atoms with Gasteiger partial charge in [0.15, 0.2) is 0 Å². The summed E-state index contributed by atoms with van der Waals surface area (Å²) in [6.45, 7) is 9.93. The molecule has 0 aliphatic rings. The van der Waals surface area contributed by atoms with E-state index in [9.17, 15) is 4.79 Å². The Bertz CT molecular complexity index is 219. The summed E-state index contributed by atoms with van der Waals surface area (Å²) in [5.74, 6) is -0.189. The van der Waals surface area contributed by atoms with Crippen LogP contribution in [0, 0.1) is 0 Å². The first-order valence-electron chi connectivity index (χ1n) is 5.90. The second-order valence-corrected chi connectivity index (χ2v) is 4.77. The van der Waals surface area contributed by atoms with Gasteiger partial charge in [0, 0.05) is 12.6 Å². The first-order chi connectivity index (χ1) is 7.35. The zero-order valence-corrected chi connectivity index (χ0v) is 11.5. The highest BCUT2D eigenvalue weighted by Crippen LogP contribution is 2.13. The van der Waals surface area contributed by atoms with Gasteiger partial charge in [-0.25, -0.2) is 0 Å². The maximum atomic E-state index is 11.8. The molecular formula is C12H26N2O2. The fourth-order valence-electron chi connectivity index (χ4n) is 1.67. The lowest BCUT2D eigenvalue weighted by Crippen LogP contribution is -2.54. The van der Waals surface area contributed by atoms with Crippen LogP contribution in [0.25, 0.3) is 0 Å². The smallest absolute Gasteiger partial charge is 0.325 e. The summed E-state index contributed by atoms with van der Waals surface area (Å²) in [7, 11) is 3.49. The Labute approximate surface area is 99.3 Å². The van der Waals surface area contributed by atoms with Crippen LogP contribution in [0.5, 0.6) is 0 Å². The predicted molar refractivity (Wildman–Crippen MR) is 66.5 cm³/mol. The van der Waals surface area contributed by atoms with Crippen LogP contribution in [-0.2, 0) is 9.53 Å².